The van der Waals surface area contributed by atoms with Gasteiger partial charge in [0, 0.05) is 13.1 Å². The Bertz CT molecular complexity index is 336. The van der Waals surface area contributed by atoms with E-state index in [2.05, 4.69) is 28.7 Å². The van der Waals surface area contributed by atoms with Gasteiger partial charge in [-0.2, -0.15) is 0 Å². The maximum atomic E-state index is 6.03. The third kappa shape index (κ3) is 2.53. The summed E-state index contributed by atoms with van der Waals surface area (Å²) in [6.45, 7) is 7.90. The molecule has 0 bridgehead atoms. The van der Waals surface area contributed by atoms with E-state index in [9.17, 15) is 0 Å². The van der Waals surface area contributed by atoms with Crippen LogP contribution in [-0.4, -0.2) is 29.3 Å². The molecule has 1 aromatic rings. The Balaban J connectivity index is 3.21. The van der Waals surface area contributed by atoms with Crippen molar-refractivity contribution in [2.24, 2.45) is 0 Å². The van der Waals surface area contributed by atoms with Gasteiger partial charge in [-0.05, 0) is 27.0 Å². The SMILES string of the molecule is CCN(CC)c1nc(C)nc(SC)c1N. The Kier molecular flexibility index (Phi) is 4.20. The van der Waals surface area contributed by atoms with Crippen LogP contribution in [0.3, 0.4) is 0 Å². The molecule has 0 aliphatic carbocycles. The van der Waals surface area contributed by atoms with Crippen LogP contribution >= 0.6 is 11.8 Å². The van der Waals surface area contributed by atoms with Gasteiger partial charge in [0.1, 0.15) is 16.5 Å². The van der Waals surface area contributed by atoms with Crippen LogP contribution in [0.2, 0.25) is 0 Å². The van der Waals surface area contributed by atoms with Crippen LogP contribution in [0.4, 0.5) is 11.5 Å². The molecule has 0 atom stereocenters. The molecule has 0 saturated carbocycles. The third-order valence-corrected chi connectivity index (χ3v) is 2.96. The second-order valence-corrected chi connectivity index (χ2v) is 3.98. The van der Waals surface area contributed by atoms with Crippen molar-refractivity contribution in [2.75, 3.05) is 30.0 Å². The minimum Gasteiger partial charge on any atom is -0.394 e. The summed E-state index contributed by atoms with van der Waals surface area (Å²) < 4.78 is 0. The van der Waals surface area contributed by atoms with Crippen LogP contribution < -0.4 is 10.6 Å². The predicted molar refractivity (Wildman–Crippen MR) is 66.5 cm³/mol. The molecule has 0 aliphatic rings. The predicted octanol–water partition coefficient (Wildman–Crippen LogP) is 1.94. The monoisotopic (exact) mass is 226 g/mol. The van der Waals surface area contributed by atoms with Gasteiger partial charge in [0.05, 0.1) is 0 Å². The lowest BCUT2D eigenvalue weighted by Gasteiger charge is -2.22. The van der Waals surface area contributed by atoms with Gasteiger partial charge < -0.3 is 10.6 Å². The molecule has 1 rings (SSSR count). The highest BCUT2D eigenvalue weighted by atomic mass is 32.2. The highest BCUT2D eigenvalue weighted by Crippen LogP contribution is 2.28. The molecule has 1 aromatic heterocycles. The number of nitrogen functional groups attached to an aromatic ring is 1. The summed E-state index contributed by atoms with van der Waals surface area (Å²) in [5.41, 5.74) is 6.72. The number of hydrogen-bond acceptors (Lipinski definition) is 5. The number of aromatic nitrogens is 2. The Labute approximate surface area is 95.3 Å². The van der Waals surface area contributed by atoms with E-state index in [0.29, 0.717) is 5.69 Å². The van der Waals surface area contributed by atoms with Crippen molar-refractivity contribution < 1.29 is 0 Å². The summed E-state index contributed by atoms with van der Waals surface area (Å²) in [6.07, 6.45) is 1.98. The van der Waals surface area contributed by atoms with E-state index in [-0.39, 0.29) is 0 Å². The third-order valence-electron chi connectivity index (χ3n) is 2.26. The van der Waals surface area contributed by atoms with E-state index >= 15 is 0 Å². The Morgan fingerprint density at radius 2 is 1.87 bits per heavy atom. The fourth-order valence-corrected chi connectivity index (χ4v) is 2.00. The summed E-state index contributed by atoms with van der Waals surface area (Å²) in [4.78, 5) is 10.8. The smallest absolute Gasteiger partial charge is 0.156 e. The first-order chi connectivity index (χ1) is 7.13. The highest BCUT2D eigenvalue weighted by molar-refractivity contribution is 7.98. The molecule has 2 N–H and O–H groups in total. The zero-order valence-corrected chi connectivity index (χ0v) is 10.6. The fraction of sp³-hybridized carbons (Fsp3) is 0.600. The molecule has 5 heteroatoms. The Morgan fingerprint density at radius 1 is 1.27 bits per heavy atom. The lowest BCUT2D eigenvalue weighted by Crippen LogP contribution is -2.25. The van der Waals surface area contributed by atoms with Crippen LogP contribution in [0, 0.1) is 6.92 Å². The fourth-order valence-electron chi connectivity index (χ4n) is 1.46. The molecule has 84 valence electrons. The van der Waals surface area contributed by atoms with Gasteiger partial charge in [-0.1, -0.05) is 0 Å². The van der Waals surface area contributed by atoms with Crippen molar-refractivity contribution in [3.63, 3.8) is 0 Å². The quantitative estimate of drug-likeness (QED) is 0.628. The topological polar surface area (TPSA) is 55.0 Å². The van der Waals surface area contributed by atoms with Crippen LogP contribution in [0.25, 0.3) is 0 Å². The molecule has 0 radical (unpaired) electrons. The highest BCUT2D eigenvalue weighted by Gasteiger charge is 2.13. The number of hydrogen-bond donors (Lipinski definition) is 1. The maximum Gasteiger partial charge on any atom is 0.156 e. The van der Waals surface area contributed by atoms with E-state index in [0.717, 1.165) is 29.8 Å². The molecule has 0 aromatic carbocycles. The van der Waals surface area contributed by atoms with Gasteiger partial charge in [0.15, 0.2) is 5.82 Å². The van der Waals surface area contributed by atoms with Crippen LogP contribution in [0.15, 0.2) is 5.03 Å². The molecule has 0 unspecified atom stereocenters. The minimum absolute atomic E-state index is 0.691. The largest absolute Gasteiger partial charge is 0.394 e. The average Bonchev–Trinajstić information content (AvgIpc) is 2.24. The van der Waals surface area contributed by atoms with E-state index in [4.69, 9.17) is 5.73 Å². The van der Waals surface area contributed by atoms with Crippen molar-refractivity contribution in [2.45, 2.75) is 25.8 Å². The minimum atomic E-state index is 0.691. The van der Waals surface area contributed by atoms with Gasteiger partial charge in [0.25, 0.3) is 0 Å². The first kappa shape index (κ1) is 12.1. The van der Waals surface area contributed by atoms with Crippen molar-refractivity contribution in [3.8, 4) is 0 Å². The summed E-state index contributed by atoms with van der Waals surface area (Å²) >= 11 is 1.56. The molecule has 0 spiro atoms. The Hall–Kier alpha value is -0.970. The van der Waals surface area contributed by atoms with Crippen LogP contribution in [-0.2, 0) is 0 Å². The van der Waals surface area contributed by atoms with Crippen LogP contribution in [0.1, 0.15) is 19.7 Å². The zero-order chi connectivity index (χ0) is 11.4. The molecule has 15 heavy (non-hydrogen) atoms. The molecular weight excluding hydrogens is 208 g/mol. The van der Waals surface area contributed by atoms with Crippen molar-refractivity contribution in [1.29, 1.82) is 0 Å². The summed E-state index contributed by atoms with van der Waals surface area (Å²) in [7, 11) is 0. The molecule has 0 fully saturated rings. The second kappa shape index (κ2) is 5.21. The number of anilines is 2. The number of aryl methyl sites for hydroxylation is 1. The zero-order valence-electron chi connectivity index (χ0n) is 9.74. The summed E-state index contributed by atoms with van der Waals surface area (Å²) in [6, 6.07) is 0. The Morgan fingerprint density at radius 3 is 2.33 bits per heavy atom. The number of thioether (sulfide) groups is 1. The number of nitrogens with zero attached hydrogens (tertiary/aromatic N) is 3. The molecule has 0 saturated heterocycles. The normalized spacial score (nSPS) is 10.4. The molecular formula is C10H18N4S. The van der Waals surface area contributed by atoms with E-state index in [1.807, 2.05) is 13.2 Å². The maximum absolute atomic E-state index is 6.03. The van der Waals surface area contributed by atoms with Crippen molar-refractivity contribution >= 4 is 23.3 Å². The number of rotatable bonds is 4. The lowest BCUT2D eigenvalue weighted by atomic mass is 10.4. The summed E-state index contributed by atoms with van der Waals surface area (Å²) in [5, 5.41) is 0.865. The number of nitrogens with two attached hydrogens (primary N) is 1. The van der Waals surface area contributed by atoms with Gasteiger partial charge in [0.2, 0.25) is 0 Å². The van der Waals surface area contributed by atoms with E-state index < -0.39 is 0 Å². The molecule has 0 aliphatic heterocycles. The van der Waals surface area contributed by atoms with Crippen molar-refractivity contribution in [3.05, 3.63) is 5.82 Å². The first-order valence-corrected chi connectivity index (χ1v) is 6.29. The second-order valence-electron chi connectivity index (χ2n) is 3.19. The lowest BCUT2D eigenvalue weighted by molar-refractivity contribution is 0.826. The van der Waals surface area contributed by atoms with Gasteiger partial charge in [-0.15, -0.1) is 11.8 Å². The molecule has 0 amide bonds. The van der Waals surface area contributed by atoms with Crippen LogP contribution in [0.5, 0.6) is 0 Å². The van der Waals surface area contributed by atoms with Gasteiger partial charge in [-0.3, -0.25) is 0 Å². The first-order valence-electron chi connectivity index (χ1n) is 5.07. The van der Waals surface area contributed by atoms with E-state index in [1.54, 1.807) is 11.8 Å². The molecule has 1 heterocycles. The standard InChI is InChI=1S/C10H18N4S/c1-5-14(6-2)9-8(11)10(15-4)13-7(3)12-9/h5-6,11H2,1-4H3. The average molecular weight is 226 g/mol. The van der Waals surface area contributed by atoms with Gasteiger partial charge >= 0.3 is 0 Å². The van der Waals surface area contributed by atoms with Gasteiger partial charge in [-0.25, -0.2) is 9.97 Å². The van der Waals surface area contributed by atoms with E-state index in [1.165, 1.54) is 0 Å². The summed E-state index contributed by atoms with van der Waals surface area (Å²) in [5.74, 6) is 1.63. The van der Waals surface area contributed by atoms with Crippen molar-refractivity contribution in [1.82, 2.24) is 9.97 Å². The molecule has 4 nitrogen and oxygen atoms in total.